The number of carbonyl (C=O) groups excluding carboxylic acids is 2. The van der Waals surface area contributed by atoms with Crippen molar-refractivity contribution in [1.29, 1.82) is 0 Å². The van der Waals surface area contributed by atoms with Gasteiger partial charge in [-0.3, -0.25) is 9.59 Å². The Balaban J connectivity index is 2.38. The van der Waals surface area contributed by atoms with Crippen molar-refractivity contribution in [3.05, 3.63) is 24.3 Å². The molecule has 0 saturated heterocycles. The van der Waals surface area contributed by atoms with E-state index in [1.54, 1.807) is 6.08 Å². The van der Waals surface area contributed by atoms with Gasteiger partial charge >= 0.3 is 0 Å². The smallest absolute Gasteiger partial charge is 0.221 e. The summed E-state index contributed by atoms with van der Waals surface area (Å²) in [6, 6.07) is 0. The Morgan fingerprint density at radius 2 is 2.36 bits per heavy atom. The molecule has 0 aromatic heterocycles. The van der Waals surface area contributed by atoms with Gasteiger partial charge in [0.05, 0.1) is 6.61 Å². The lowest BCUT2D eigenvalue weighted by atomic mass is 10.00. The first-order valence-corrected chi connectivity index (χ1v) is 4.44. The van der Waals surface area contributed by atoms with Gasteiger partial charge in [-0.2, -0.15) is 0 Å². The summed E-state index contributed by atoms with van der Waals surface area (Å²) in [6.45, 7) is 3.78. The quantitative estimate of drug-likeness (QED) is 0.610. The topological polar surface area (TPSA) is 66.4 Å². The van der Waals surface area contributed by atoms with E-state index < -0.39 is 0 Å². The van der Waals surface area contributed by atoms with Crippen molar-refractivity contribution in [2.24, 2.45) is 5.92 Å². The number of carbonyl (C=O) groups is 2. The molecule has 0 spiro atoms. The van der Waals surface area contributed by atoms with Gasteiger partial charge < -0.3 is 10.4 Å². The van der Waals surface area contributed by atoms with Crippen LogP contribution in [0.2, 0.25) is 0 Å². The number of ketones is 1. The summed E-state index contributed by atoms with van der Waals surface area (Å²) in [4.78, 5) is 22.2. The zero-order chi connectivity index (χ0) is 10.6. The Bertz CT molecular complexity index is 294. The van der Waals surface area contributed by atoms with E-state index in [0.717, 1.165) is 0 Å². The molecule has 0 bridgehead atoms. The van der Waals surface area contributed by atoms with Gasteiger partial charge in [0.2, 0.25) is 5.91 Å². The van der Waals surface area contributed by atoms with Crippen LogP contribution in [-0.2, 0) is 9.59 Å². The van der Waals surface area contributed by atoms with Gasteiger partial charge in [-0.15, -0.1) is 0 Å². The van der Waals surface area contributed by atoms with Crippen LogP contribution in [-0.4, -0.2) is 29.9 Å². The normalized spacial score (nSPS) is 20.2. The number of hydrogen-bond acceptors (Lipinski definition) is 3. The van der Waals surface area contributed by atoms with E-state index in [9.17, 15) is 9.59 Å². The maximum Gasteiger partial charge on any atom is 0.221 e. The Morgan fingerprint density at radius 1 is 1.64 bits per heavy atom. The van der Waals surface area contributed by atoms with Crippen molar-refractivity contribution in [1.82, 2.24) is 5.32 Å². The van der Waals surface area contributed by atoms with Crippen LogP contribution in [0, 0.1) is 5.92 Å². The molecule has 0 radical (unpaired) electrons. The lowest BCUT2D eigenvalue weighted by Gasteiger charge is -2.08. The van der Waals surface area contributed by atoms with Crippen LogP contribution in [0.5, 0.6) is 0 Å². The molecule has 0 aliphatic heterocycles. The zero-order valence-electron chi connectivity index (χ0n) is 7.82. The fourth-order valence-corrected chi connectivity index (χ4v) is 1.27. The highest BCUT2D eigenvalue weighted by Gasteiger charge is 2.22. The second-order valence-electron chi connectivity index (χ2n) is 3.13. The molecule has 1 unspecified atom stereocenters. The summed E-state index contributed by atoms with van der Waals surface area (Å²) in [5, 5.41) is 11.0. The molecular formula is C10H13NO3. The Labute approximate surface area is 82.3 Å². The van der Waals surface area contributed by atoms with Crippen LogP contribution in [0.15, 0.2) is 24.3 Å². The first-order valence-electron chi connectivity index (χ1n) is 4.44. The molecule has 14 heavy (non-hydrogen) atoms. The largest absolute Gasteiger partial charge is 0.395 e. The van der Waals surface area contributed by atoms with Crippen LogP contribution in [0.25, 0.3) is 0 Å². The van der Waals surface area contributed by atoms with Crippen LogP contribution in [0.4, 0.5) is 0 Å². The highest BCUT2D eigenvalue weighted by molar-refractivity contribution is 6.07. The van der Waals surface area contributed by atoms with Gasteiger partial charge in [-0.25, -0.2) is 0 Å². The van der Waals surface area contributed by atoms with Crippen molar-refractivity contribution in [3.8, 4) is 0 Å². The Kier molecular flexibility index (Phi) is 3.59. The number of aliphatic hydroxyl groups excluding tert-OH is 1. The summed E-state index contributed by atoms with van der Waals surface area (Å²) in [5.41, 5.74) is 0.462. The minimum atomic E-state index is -0.179. The second kappa shape index (κ2) is 4.72. The number of aliphatic hydroxyl groups is 1. The average Bonchev–Trinajstić information content (AvgIpc) is 2.46. The first kappa shape index (κ1) is 10.7. The summed E-state index contributed by atoms with van der Waals surface area (Å²) >= 11 is 0. The highest BCUT2D eigenvalue weighted by Crippen LogP contribution is 2.22. The number of rotatable bonds is 4. The summed E-state index contributed by atoms with van der Waals surface area (Å²) < 4.78 is 0. The van der Waals surface area contributed by atoms with Gasteiger partial charge in [0.1, 0.15) is 0 Å². The molecule has 4 nitrogen and oxygen atoms in total. The van der Waals surface area contributed by atoms with Gasteiger partial charge in [0, 0.05) is 18.9 Å². The molecule has 0 aromatic carbocycles. The molecule has 1 rings (SSSR count). The maximum atomic E-state index is 11.2. The molecule has 1 aliphatic rings. The van der Waals surface area contributed by atoms with Crippen molar-refractivity contribution in [2.75, 3.05) is 13.2 Å². The monoisotopic (exact) mass is 195 g/mol. The van der Waals surface area contributed by atoms with Gasteiger partial charge in [0.25, 0.3) is 0 Å². The molecule has 4 heteroatoms. The van der Waals surface area contributed by atoms with E-state index in [0.29, 0.717) is 5.57 Å². The standard InChI is InChI=1S/C10H13NO3/c1-7-8(2-3-9(7)13)6-10(14)11-4-5-12/h2-3,8,12H,1,4-6H2,(H,11,14). The number of hydrogen-bond donors (Lipinski definition) is 2. The van der Waals surface area contributed by atoms with Gasteiger partial charge in [-0.1, -0.05) is 12.7 Å². The van der Waals surface area contributed by atoms with E-state index in [1.807, 2.05) is 0 Å². The minimum Gasteiger partial charge on any atom is -0.395 e. The van der Waals surface area contributed by atoms with E-state index >= 15 is 0 Å². The van der Waals surface area contributed by atoms with Crippen LogP contribution in [0.1, 0.15) is 6.42 Å². The molecule has 1 amide bonds. The van der Waals surface area contributed by atoms with Crippen molar-refractivity contribution in [2.45, 2.75) is 6.42 Å². The van der Waals surface area contributed by atoms with Crippen LogP contribution >= 0.6 is 0 Å². The molecule has 0 aromatic rings. The third-order valence-electron chi connectivity index (χ3n) is 2.08. The van der Waals surface area contributed by atoms with E-state index in [2.05, 4.69) is 11.9 Å². The van der Waals surface area contributed by atoms with Crippen LogP contribution in [0.3, 0.4) is 0 Å². The summed E-state index contributed by atoms with van der Waals surface area (Å²) in [7, 11) is 0. The number of nitrogens with one attached hydrogen (secondary N) is 1. The molecule has 0 heterocycles. The van der Waals surface area contributed by atoms with Crippen LogP contribution < -0.4 is 5.32 Å². The van der Waals surface area contributed by atoms with Crippen molar-refractivity contribution in [3.63, 3.8) is 0 Å². The molecule has 0 saturated carbocycles. The SMILES string of the molecule is C=C1C(=O)C=CC1CC(=O)NCCO. The first-order chi connectivity index (χ1) is 6.65. The van der Waals surface area contributed by atoms with E-state index in [-0.39, 0.29) is 37.2 Å². The minimum absolute atomic E-state index is 0.0773. The van der Waals surface area contributed by atoms with E-state index in [1.165, 1.54) is 6.08 Å². The maximum absolute atomic E-state index is 11.2. The Morgan fingerprint density at radius 3 is 2.86 bits per heavy atom. The summed E-state index contributed by atoms with van der Waals surface area (Å²) in [6.07, 6.45) is 3.34. The van der Waals surface area contributed by atoms with Crippen molar-refractivity contribution >= 4 is 11.7 Å². The predicted molar refractivity (Wildman–Crippen MR) is 51.5 cm³/mol. The molecule has 1 atom stereocenters. The second-order valence-corrected chi connectivity index (χ2v) is 3.13. The Hall–Kier alpha value is -1.42. The fraction of sp³-hybridized carbons (Fsp3) is 0.400. The highest BCUT2D eigenvalue weighted by atomic mass is 16.3. The third kappa shape index (κ3) is 2.53. The lowest BCUT2D eigenvalue weighted by molar-refractivity contribution is -0.121. The van der Waals surface area contributed by atoms with Gasteiger partial charge in [-0.05, 0) is 11.6 Å². The lowest BCUT2D eigenvalue weighted by Crippen LogP contribution is -2.28. The molecule has 76 valence electrons. The molecule has 2 N–H and O–H groups in total. The average molecular weight is 195 g/mol. The fourth-order valence-electron chi connectivity index (χ4n) is 1.27. The number of allylic oxidation sites excluding steroid dienone is 3. The predicted octanol–water partition coefficient (Wildman–Crippen LogP) is -0.204. The molecular weight excluding hydrogens is 182 g/mol. The van der Waals surface area contributed by atoms with Gasteiger partial charge in [0.15, 0.2) is 5.78 Å². The van der Waals surface area contributed by atoms with Crippen molar-refractivity contribution < 1.29 is 14.7 Å². The molecule has 1 aliphatic carbocycles. The summed E-state index contributed by atoms with van der Waals surface area (Å²) in [5.74, 6) is -0.462. The number of amides is 1. The molecule has 0 fully saturated rings. The third-order valence-corrected chi connectivity index (χ3v) is 2.08. The van der Waals surface area contributed by atoms with E-state index in [4.69, 9.17) is 5.11 Å². The zero-order valence-corrected chi connectivity index (χ0v) is 7.82.